The second-order valence-corrected chi connectivity index (χ2v) is 5.01. The number of nitrogens with zero attached hydrogens (tertiary/aromatic N) is 2. The number of hydrogen-bond acceptors (Lipinski definition) is 4. The molecular weight excluding hydrogens is 226 g/mol. The highest BCUT2D eigenvalue weighted by atomic mass is 16.5. The van der Waals surface area contributed by atoms with Crippen molar-refractivity contribution in [1.82, 2.24) is 9.97 Å². The van der Waals surface area contributed by atoms with Crippen molar-refractivity contribution in [2.45, 2.75) is 46.5 Å². The van der Waals surface area contributed by atoms with E-state index in [0.717, 1.165) is 48.6 Å². The Morgan fingerprint density at radius 1 is 1.28 bits per heavy atom. The minimum Gasteiger partial charge on any atom is -0.477 e. The maximum Gasteiger partial charge on any atom is 0.221 e. The van der Waals surface area contributed by atoms with Gasteiger partial charge in [0.05, 0.1) is 12.2 Å². The van der Waals surface area contributed by atoms with Crippen molar-refractivity contribution in [2.24, 2.45) is 5.92 Å². The monoisotopic (exact) mass is 249 g/mol. The van der Waals surface area contributed by atoms with Crippen LogP contribution in [0.15, 0.2) is 0 Å². The average molecular weight is 249 g/mol. The van der Waals surface area contributed by atoms with Crippen LogP contribution >= 0.6 is 0 Å². The molecule has 1 fully saturated rings. The fourth-order valence-corrected chi connectivity index (χ4v) is 2.19. The number of ether oxygens (including phenoxy) is 1. The molecular formula is C14H23N3O. The summed E-state index contributed by atoms with van der Waals surface area (Å²) in [5, 5.41) is 3.25. The summed E-state index contributed by atoms with van der Waals surface area (Å²) in [5.41, 5.74) is 1.01. The third-order valence-electron chi connectivity index (χ3n) is 3.55. The topological polar surface area (TPSA) is 47.0 Å². The maximum absolute atomic E-state index is 5.82. The lowest BCUT2D eigenvalue weighted by molar-refractivity contribution is 0.216. The Labute approximate surface area is 109 Å². The highest BCUT2D eigenvalue weighted by Crippen LogP contribution is 2.29. The molecule has 2 rings (SSSR count). The first-order chi connectivity index (χ1) is 8.70. The molecule has 0 spiro atoms. The van der Waals surface area contributed by atoms with Crippen LogP contribution in [0.2, 0.25) is 0 Å². The van der Waals surface area contributed by atoms with Crippen molar-refractivity contribution in [3.63, 3.8) is 0 Å². The van der Waals surface area contributed by atoms with Crippen molar-refractivity contribution < 1.29 is 4.74 Å². The second-order valence-electron chi connectivity index (χ2n) is 5.01. The Kier molecular flexibility index (Phi) is 4.39. The Hall–Kier alpha value is -1.32. The van der Waals surface area contributed by atoms with Crippen molar-refractivity contribution in [3.8, 4) is 5.88 Å². The molecule has 4 heteroatoms. The minimum atomic E-state index is 0.734. The fourth-order valence-electron chi connectivity index (χ4n) is 2.19. The van der Waals surface area contributed by atoms with E-state index in [0.29, 0.717) is 0 Å². The molecule has 0 aromatic carbocycles. The number of rotatable bonds is 6. The molecule has 0 amide bonds. The van der Waals surface area contributed by atoms with Crippen LogP contribution in [0.25, 0.3) is 0 Å². The van der Waals surface area contributed by atoms with Gasteiger partial charge in [0.1, 0.15) is 11.6 Å². The summed E-state index contributed by atoms with van der Waals surface area (Å²) in [6.07, 6.45) is 5.28. The van der Waals surface area contributed by atoms with E-state index in [1.54, 1.807) is 0 Å². The largest absolute Gasteiger partial charge is 0.477 e. The van der Waals surface area contributed by atoms with E-state index in [1.807, 2.05) is 13.8 Å². The van der Waals surface area contributed by atoms with Gasteiger partial charge in [-0.3, -0.25) is 0 Å². The predicted molar refractivity (Wildman–Crippen MR) is 73.1 cm³/mol. The zero-order valence-electron chi connectivity index (χ0n) is 11.6. The lowest BCUT2D eigenvalue weighted by Gasteiger charge is -2.25. The van der Waals surface area contributed by atoms with Crippen LogP contribution in [0.3, 0.4) is 0 Å². The van der Waals surface area contributed by atoms with Crippen LogP contribution in [0.1, 0.15) is 44.0 Å². The first-order valence-electron chi connectivity index (χ1n) is 6.92. The Bertz CT molecular complexity index is 402. The lowest BCUT2D eigenvalue weighted by atomic mass is 9.83. The molecule has 1 aromatic rings. The van der Waals surface area contributed by atoms with Gasteiger partial charge in [0.25, 0.3) is 0 Å². The van der Waals surface area contributed by atoms with Crippen LogP contribution in [-0.2, 0) is 0 Å². The highest BCUT2D eigenvalue weighted by molar-refractivity contribution is 5.48. The van der Waals surface area contributed by atoms with Crippen molar-refractivity contribution in [1.29, 1.82) is 0 Å². The van der Waals surface area contributed by atoms with Gasteiger partial charge in [0, 0.05) is 6.54 Å². The van der Waals surface area contributed by atoms with Crippen LogP contribution < -0.4 is 10.1 Å². The van der Waals surface area contributed by atoms with E-state index in [9.17, 15) is 0 Å². The first kappa shape index (κ1) is 13.1. The summed E-state index contributed by atoms with van der Waals surface area (Å²) in [6.45, 7) is 7.61. The number of nitrogens with one attached hydrogen (secondary N) is 1. The third kappa shape index (κ3) is 3.12. The lowest BCUT2D eigenvalue weighted by Crippen LogP contribution is -2.15. The van der Waals surface area contributed by atoms with E-state index in [4.69, 9.17) is 4.74 Å². The normalized spacial score (nSPS) is 15.3. The van der Waals surface area contributed by atoms with E-state index in [2.05, 4.69) is 22.2 Å². The molecule has 0 bridgehead atoms. The van der Waals surface area contributed by atoms with Gasteiger partial charge >= 0.3 is 0 Å². The quantitative estimate of drug-likeness (QED) is 0.841. The molecule has 1 aliphatic carbocycles. The fraction of sp³-hybridized carbons (Fsp3) is 0.714. The summed E-state index contributed by atoms with van der Waals surface area (Å²) in [6, 6.07) is 0. The van der Waals surface area contributed by atoms with E-state index >= 15 is 0 Å². The molecule has 1 aromatic heterocycles. The zero-order valence-corrected chi connectivity index (χ0v) is 11.6. The van der Waals surface area contributed by atoms with Gasteiger partial charge in [0.2, 0.25) is 5.88 Å². The van der Waals surface area contributed by atoms with Gasteiger partial charge in [0.15, 0.2) is 0 Å². The summed E-state index contributed by atoms with van der Waals surface area (Å²) < 4.78 is 5.82. The minimum absolute atomic E-state index is 0.734. The molecule has 0 saturated heterocycles. The molecule has 1 heterocycles. The molecule has 0 unspecified atom stereocenters. The molecule has 100 valence electrons. The Morgan fingerprint density at radius 3 is 2.67 bits per heavy atom. The molecule has 0 atom stereocenters. The smallest absolute Gasteiger partial charge is 0.221 e. The zero-order chi connectivity index (χ0) is 13.0. The van der Waals surface area contributed by atoms with Gasteiger partial charge < -0.3 is 10.1 Å². The van der Waals surface area contributed by atoms with E-state index in [1.165, 1.54) is 19.3 Å². The van der Waals surface area contributed by atoms with Crippen LogP contribution in [0.5, 0.6) is 5.88 Å². The molecule has 18 heavy (non-hydrogen) atoms. The van der Waals surface area contributed by atoms with Crippen LogP contribution in [0.4, 0.5) is 5.82 Å². The number of aromatic nitrogens is 2. The Morgan fingerprint density at radius 2 is 2.06 bits per heavy atom. The Balaban J connectivity index is 1.96. The van der Waals surface area contributed by atoms with Gasteiger partial charge in [-0.15, -0.1) is 0 Å². The number of anilines is 1. The third-order valence-corrected chi connectivity index (χ3v) is 3.55. The van der Waals surface area contributed by atoms with Gasteiger partial charge in [-0.1, -0.05) is 19.3 Å². The first-order valence-corrected chi connectivity index (χ1v) is 6.92. The highest BCUT2D eigenvalue weighted by Gasteiger charge is 2.17. The summed E-state index contributed by atoms with van der Waals surface area (Å²) in [4.78, 5) is 8.77. The summed E-state index contributed by atoms with van der Waals surface area (Å²) >= 11 is 0. The van der Waals surface area contributed by atoms with Gasteiger partial charge in [-0.2, -0.15) is 4.98 Å². The molecule has 0 aliphatic heterocycles. The number of hydrogen-bond donors (Lipinski definition) is 1. The predicted octanol–water partition coefficient (Wildman–Crippen LogP) is 3.09. The number of aryl methyl sites for hydroxylation is 1. The van der Waals surface area contributed by atoms with Crippen molar-refractivity contribution in [2.75, 3.05) is 18.5 Å². The van der Waals surface area contributed by atoms with E-state index < -0.39 is 0 Å². The molecule has 0 radical (unpaired) electrons. The van der Waals surface area contributed by atoms with Crippen molar-refractivity contribution >= 4 is 5.82 Å². The second kappa shape index (κ2) is 6.03. The van der Waals surface area contributed by atoms with Crippen LogP contribution in [0, 0.1) is 19.8 Å². The molecule has 1 saturated carbocycles. The average Bonchev–Trinajstić information content (AvgIpc) is 2.28. The van der Waals surface area contributed by atoms with Crippen LogP contribution in [-0.4, -0.2) is 23.1 Å². The standard InChI is InChI=1S/C14H23N3O/c1-4-15-13-10(2)14(17-11(3)16-13)18-9-8-12-6-5-7-12/h12H,4-9H2,1-3H3,(H,15,16,17). The van der Waals surface area contributed by atoms with Gasteiger partial charge in [-0.05, 0) is 33.1 Å². The van der Waals surface area contributed by atoms with E-state index in [-0.39, 0.29) is 0 Å². The SMILES string of the molecule is CCNc1nc(C)nc(OCCC2CCC2)c1C. The maximum atomic E-state index is 5.82. The summed E-state index contributed by atoms with van der Waals surface area (Å²) in [5.74, 6) is 3.26. The molecule has 1 aliphatic rings. The van der Waals surface area contributed by atoms with Gasteiger partial charge in [-0.25, -0.2) is 4.98 Å². The van der Waals surface area contributed by atoms with Crippen molar-refractivity contribution in [3.05, 3.63) is 11.4 Å². The molecule has 1 N–H and O–H groups in total. The summed E-state index contributed by atoms with van der Waals surface area (Å²) in [7, 11) is 0. The molecule has 4 nitrogen and oxygen atoms in total.